The maximum atomic E-state index is 14.1. The molecule has 7 heteroatoms. The molecule has 3 amide bonds. The summed E-state index contributed by atoms with van der Waals surface area (Å²) in [7, 11) is 0. The van der Waals surface area contributed by atoms with E-state index in [1.54, 1.807) is 0 Å². The molecular formula is C32H38N4O3. The number of hydrogen-bond acceptors (Lipinski definition) is 4. The molecule has 0 saturated heterocycles. The highest BCUT2D eigenvalue weighted by atomic mass is 16.2. The first kappa shape index (κ1) is 28.0. The van der Waals surface area contributed by atoms with Gasteiger partial charge in [0, 0.05) is 17.1 Å². The minimum Gasteiger partial charge on any atom is -0.350 e. The lowest BCUT2D eigenvalue weighted by Crippen LogP contribution is -2.55. The zero-order valence-electron chi connectivity index (χ0n) is 23.1. The van der Waals surface area contributed by atoms with Gasteiger partial charge in [0.1, 0.15) is 12.6 Å². The van der Waals surface area contributed by atoms with Gasteiger partial charge in [-0.15, -0.1) is 0 Å². The quantitative estimate of drug-likeness (QED) is 0.435. The third kappa shape index (κ3) is 7.12. The fraction of sp³-hybridized carbons (Fsp3) is 0.344. The molecule has 4 N–H and O–H groups in total. The Morgan fingerprint density at radius 3 is 2.28 bits per heavy atom. The number of carbonyl (C=O) groups excluding carboxylic acids is 3. The molecule has 0 saturated carbocycles. The molecule has 0 fully saturated rings. The largest absolute Gasteiger partial charge is 0.350 e. The maximum Gasteiger partial charge on any atom is 0.250 e. The van der Waals surface area contributed by atoms with Gasteiger partial charge < -0.3 is 21.3 Å². The molecular weight excluding hydrogens is 488 g/mol. The van der Waals surface area contributed by atoms with Crippen LogP contribution >= 0.6 is 0 Å². The van der Waals surface area contributed by atoms with Crippen LogP contribution in [0.5, 0.6) is 0 Å². The average Bonchev–Trinajstić information content (AvgIpc) is 2.99. The lowest BCUT2D eigenvalue weighted by Gasteiger charge is -2.28. The van der Waals surface area contributed by atoms with Gasteiger partial charge in [0.15, 0.2) is 0 Å². The Morgan fingerprint density at radius 1 is 1.00 bits per heavy atom. The molecule has 3 aromatic carbocycles. The minimum absolute atomic E-state index is 0.156. The van der Waals surface area contributed by atoms with Crippen molar-refractivity contribution in [1.29, 1.82) is 0 Å². The first-order chi connectivity index (χ1) is 18.5. The summed E-state index contributed by atoms with van der Waals surface area (Å²) in [5.41, 5.74) is 10.4. The van der Waals surface area contributed by atoms with Crippen molar-refractivity contribution in [2.24, 2.45) is 5.73 Å². The van der Waals surface area contributed by atoms with Crippen LogP contribution in [0.15, 0.2) is 78.9 Å². The van der Waals surface area contributed by atoms with Crippen molar-refractivity contribution in [2.45, 2.75) is 64.1 Å². The van der Waals surface area contributed by atoms with Crippen molar-refractivity contribution in [2.75, 3.05) is 11.4 Å². The first-order valence-corrected chi connectivity index (χ1v) is 13.4. The summed E-state index contributed by atoms with van der Waals surface area (Å²) in [5, 5.41) is 5.90. The number of nitrogens with one attached hydrogen (secondary N) is 2. The molecule has 0 aromatic heterocycles. The molecule has 0 aliphatic carbocycles. The van der Waals surface area contributed by atoms with Gasteiger partial charge in [-0.3, -0.25) is 14.4 Å². The topological polar surface area (TPSA) is 105 Å². The Balaban J connectivity index is 1.70. The SMILES string of the molecule is Cc1ccc2c(c1)N(CC(=O)NC(C)(C)C)C(=O)[C@@H](NC(=O)[C@@H](N)Cc1ccccc1)C[C@H]2c1ccccc1. The lowest BCUT2D eigenvalue weighted by molar-refractivity contribution is -0.129. The first-order valence-electron chi connectivity index (χ1n) is 13.4. The predicted molar refractivity (Wildman–Crippen MR) is 154 cm³/mol. The fourth-order valence-electron chi connectivity index (χ4n) is 5.08. The summed E-state index contributed by atoms with van der Waals surface area (Å²) in [6.45, 7) is 7.50. The van der Waals surface area contributed by atoms with E-state index < -0.39 is 23.5 Å². The van der Waals surface area contributed by atoms with Crippen LogP contribution in [0.1, 0.15) is 55.4 Å². The zero-order valence-corrected chi connectivity index (χ0v) is 23.1. The van der Waals surface area contributed by atoms with E-state index in [0.29, 0.717) is 18.5 Å². The number of benzene rings is 3. The van der Waals surface area contributed by atoms with Crippen LogP contribution in [0.4, 0.5) is 5.69 Å². The van der Waals surface area contributed by atoms with E-state index in [0.717, 1.165) is 22.3 Å². The highest BCUT2D eigenvalue weighted by Gasteiger charge is 2.38. The van der Waals surface area contributed by atoms with Crippen LogP contribution in [0.3, 0.4) is 0 Å². The molecule has 4 rings (SSSR count). The third-order valence-corrected chi connectivity index (χ3v) is 6.86. The van der Waals surface area contributed by atoms with E-state index in [1.165, 1.54) is 4.90 Å². The molecule has 7 nitrogen and oxygen atoms in total. The van der Waals surface area contributed by atoms with Gasteiger partial charge in [0.05, 0.1) is 6.04 Å². The van der Waals surface area contributed by atoms with Crippen LogP contribution in [0.2, 0.25) is 0 Å². The second-order valence-corrected chi connectivity index (χ2v) is 11.3. The molecule has 0 radical (unpaired) electrons. The number of anilines is 1. The number of nitrogens with zero attached hydrogens (tertiary/aromatic N) is 1. The highest BCUT2D eigenvalue weighted by Crippen LogP contribution is 2.39. The number of nitrogens with two attached hydrogens (primary N) is 1. The third-order valence-electron chi connectivity index (χ3n) is 6.86. The van der Waals surface area contributed by atoms with Crippen LogP contribution in [0, 0.1) is 6.92 Å². The van der Waals surface area contributed by atoms with Crippen molar-refractivity contribution in [3.05, 3.63) is 101 Å². The number of carbonyl (C=O) groups is 3. The van der Waals surface area contributed by atoms with Crippen LogP contribution in [-0.4, -0.2) is 41.9 Å². The number of rotatable bonds is 7. The van der Waals surface area contributed by atoms with E-state index in [9.17, 15) is 14.4 Å². The normalized spacial score (nSPS) is 18.1. The van der Waals surface area contributed by atoms with Crippen LogP contribution in [-0.2, 0) is 20.8 Å². The molecule has 3 aromatic rings. The molecule has 0 unspecified atom stereocenters. The summed E-state index contributed by atoms with van der Waals surface area (Å²) in [6, 6.07) is 23.8. The molecule has 1 aliphatic heterocycles. The Bertz CT molecular complexity index is 1320. The Hall–Kier alpha value is -3.97. The average molecular weight is 527 g/mol. The molecule has 0 spiro atoms. The van der Waals surface area contributed by atoms with Crippen molar-refractivity contribution >= 4 is 23.4 Å². The number of hydrogen-bond donors (Lipinski definition) is 3. The number of amides is 3. The van der Waals surface area contributed by atoms with E-state index in [4.69, 9.17) is 5.73 Å². The van der Waals surface area contributed by atoms with Crippen molar-refractivity contribution in [1.82, 2.24) is 10.6 Å². The Labute approximate surface area is 230 Å². The van der Waals surface area contributed by atoms with E-state index in [1.807, 2.05) is 107 Å². The molecule has 0 bridgehead atoms. The fourth-order valence-corrected chi connectivity index (χ4v) is 5.08. The standard InChI is InChI=1S/C32H38N4O3/c1-21-15-16-24-25(23-13-9-6-10-14-23)19-27(34-30(38)26(33)18-22-11-7-5-8-12-22)31(39)36(28(24)17-21)20-29(37)35-32(2,3)4/h5-17,25-27H,18-20,33H2,1-4H3,(H,34,38)(H,35,37)/t25-,26-,27-/m0/s1. The van der Waals surface area contributed by atoms with E-state index in [2.05, 4.69) is 10.6 Å². The van der Waals surface area contributed by atoms with Crippen molar-refractivity contribution in [3.8, 4) is 0 Å². The van der Waals surface area contributed by atoms with Crippen molar-refractivity contribution < 1.29 is 14.4 Å². The predicted octanol–water partition coefficient (Wildman–Crippen LogP) is 3.83. The van der Waals surface area contributed by atoms with Gasteiger partial charge in [0.25, 0.3) is 0 Å². The Kier molecular flexibility index (Phi) is 8.51. The van der Waals surface area contributed by atoms with Gasteiger partial charge in [-0.25, -0.2) is 0 Å². The van der Waals surface area contributed by atoms with Gasteiger partial charge >= 0.3 is 0 Å². The van der Waals surface area contributed by atoms with Crippen LogP contribution in [0.25, 0.3) is 0 Å². The Morgan fingerprint density at radius 2 is 1.64 bits per heavy atom. The van der Waals surface area contributed by atoms with Crippen LogP contribution < -0.4 is 21.3 Å². The smallest absolute Gasteiger partial charge is 0.250 e. The summed E-state index contributed by atoms with van der Waals surface area (Å²) in [5.74, 6) is -1.17. The van der Waals surface area contributed by atoms with Gasteiger partial charge in [-0.2, -0.15) is 0 Å². The summed E-state index contributed by atoms with van der Waals surface area (Å²) in [6.07, 6.45) is 0.701. The lowest BCUT2D eigenvalue weighted by atomic mass is 9.85. The second kappa shape index (κ2) is 11.8. The van der Waals surface area contributed by atoms with Gasteiger partial charge in [-0.05, 0) is 68.9 Å². The molecule has 1 heterocycles. The molecule has 204 valence electrons. The highest BCUT2D eigenvalue weighted by molar-refractivity contribution is 6.04. The second-order valence-electron chi connectivity index (χ2n) is 11.3. The summed E-state index contributed by atoms with van der Waals surface area (Å²) < 4.78 is 0. The van der Waals surface area contributed by atoms with Gasteiger partial charge in [0.2, 0.25) is 17.7 Å². The number of fused-ring (bicyclic) bond motifs is 1. The summed E-state index contributed by atoms with van der Waals surface area (Å²) in [4.78, 5) is 42.0. The minimum atomic E-state index is -0.861. The molecule has 1 aliphatic rings. The monoisotopic (exact) mass is 526 g/mol. The molecule has 3 atom stereocenters. The summed E-state index contributed by atoms with van der Waals surface area (Å²) >= 11 is 0. The number of aryl methyl sites for hydroxylation is 1. The maximum absolute atomic E-state index is 14.1. The van der Waals surface area contributed by atoms with Gasteiger partial charge in [-0.1, -0.05) is 72.8 Å². The zero-order chi connectivity index (χ0) is 28.2. The van der Waals surface area contributed by atoms with Crippen molar-refractivity contribution in [3.63, 3.8) is 0 Å². The van der Waals surface area contributed by atoms with E-state index in [-0.39, 0.29) is 24.3 Å². The molecule has 39 heavy (non-hydrogen) atoms. The van der Waals surface area contributed by atoms with E-state index >= 15 is 0 Å².